The van der Waals surface area contributed by atoms with Gasteiger partial charge in [0.15, 0.2) is 0 Å². The zero-order valence-electron chi connectivity index (χ0n) is 10.5. The lowest BCUT2D eigenvalue weighted by atomic mass is 10.1. The summed E-state index contributed by atoms with van der Waals surface area (Å²) in [6.07, 6.45) is 5.38. The first kappa shape index (κ1) is 13.2. The molecule has 0 aliphatic heterocycles. The highest BCUT2D eigenvalue weighted by atomic mass is 16.5. The molecule has 3 heteroatoms. The lowest BCUT2D eigenvalue weighted by Gasteiger charge is -2.21. The molecule has 0 saturated heterocycles. The van der Waals surface area contributed by atoms with E-state index in [1.165, 1.54) is 25.7 Å². The first-order valence-corrected chi connectivity index (χ1v) is 6.17. The van der Waals surface area contributed by atoms with Gasteiger partial charge in [-0.25, -0.2) is 4.79 Å². The Bertz CT molecular complexity index is 244. The largest absolute Gasteiger partial charge is 0.463 e. The number of ether oxygens (including phenoxy) is 1. The van der Waals surface area contributed by atoms with E-state index in [4.69, 9.17) is 4.74 Å². The highest BCUT2D eigenvalue weighted by molar-refractivity contribution is 5.88. The van der Waals surface area contributed by atoms with Crippen molar-refractivity contribution in [3.05, 3.63) is 12.2 Å². The maximum atomic E-state index is 11.4. The molecule has 92 valence electrons. The Labute approximate surface area is 98.5 Å². The Morgan fingerprint density at radius 1 is 1.44 bits per heavy atom. The van der Waals surface area contributed by atoms with Gasteiger partial charge < -0.3 is 9.64 Å². The average Bonchev–Trinajstić information content (AvgIpc) is 2.70. The van der Waals surface area contributed by atoms with Crippen molar-refractivity contribution in [2.75, 3.05) is 26.7 Å². The molecule has 1 aliphatic rings. The number of carbonyl (C=O) groups is 1. The van der Waals surface area contributed by atoms with Gasteiger partial charge in [-0.3, -0.25) is 0 Å². The van der Waals surface area contributed by atoms with Gasteiger partial charge in [-0.2, -0.15) is 0 Å². The van der Waals surface area contributed by atoms with E-state index in [1.807, 2.05) is 14.0 Å². The maximum absolute atomic E-state index is 11.4. The number of nitrogens with zero attached hydrogens (tertiary/aromatic N) is 1. The molecule has 0 N–H and O–H groups in total. The van der Waals surface area contributed by atoms with Crippen LogP contribution in [0.15, 0.2) is 12.2 Å². The Kier molecular flexibility index (Phi) is 5.53. The van der Waals surface area contributed by atoms with Gasteiger partial charge in [0.1, 0.15) is 0 Å². The van der Waals surface area contributed by atoms with Crippen molar-refractivity contribution < 1.29 is 9.53 Å². The second kappa shape index (κ2) is 6.69. The number of carbonyl (C=O) groups excluding carboxylic acids is 1. The fourth-order valence-electron chi connectivity index (χ4n) is 2.32. The lowest BCUT2D eigenvalue weighted by molar-refractivity contribution is -0.138. The van der Waals surface area contributed by atoms with Gasteiger partial charge in [0.05, 0.1) is 6.61 Å². The minimum absolute atomic E-state index is 0.263. The van der Waals surface area contributed by atoms with Crippen LogP contribution in [0, 0.1) is 5.92 Å². The van der Waals surface area contributed by atoms with E-state index in [2.05, 4.69) is 11.5 Å². The summed E-state index contributed by atoms with van der Waals surface area (Å²) in [6.45, 7) is 7.69. The molecular formula is C13H23NO2. The van der Waals surface area contributed by atoms with Gasteiger partial charge in [-0.15, -0.1) is 0 Å². The standard InChI is InChI=1S/C13H23NO2/c1-4-16-13(15)11(2)9-14(3)10-12-7-5-6-8-12/h12H,2,4-10H2,1,3H3. The van der Waals surface area contributed by atoms with Gasteiger partial charge in [0.25, 0.3) is 0 Å². The van der Waals surface area contributed by atoms with Crippen molar-refractivity contribution in [1.82, 2.24) is 4.90 Å². The summed E-state index contributed by atoms with van der Waals surface area (Å²) < 4.78 is 4.91. The van der Waals surface area contributed by atoms with Crippen LogP contribution in [0.3, 0.4) is 0 Å². The highest BCUT2D eigenvalue weighted by Gasteiger charge is 2.18. The summed E-state index contributed by atoms with van der Waals surface area (Å²) in [5, 5.41) is 0. The number of esters is 1. The van der Waals surface area contributed by atoms with Crippen molar-refractivity contribution in [2.24, 2.45) is 5.92 Å². The highest BCUT2D eigenvalue weighted by Crippen LogP contribution is 2.25. The minimum Gasteiger partial charge on any atom is -0.463 e. The third-order valence-electron chi connectivity index (χ3n) is 3.07. The zero-order valence-corrected chi connectivity index (χ0v) is 10.5. The summed E-state index contributed by atoms with van der Waals surface area (Å²) in [5.74, 6) is 0.542. The lowest BCUT2D eigenvalue weighted by Crippen LogP contribution is -2.28. The molecule has 0 bridgehead atoms. The van der Waals surface area contributed by atoms with Crippen LogP contribution in [0.1, 0.15) is 32.6 Å². The molecule has 1 aliphatic carbocycles. The van der Waals surface area contributed by atoms with Crippen LogP contribution in [0.25, 0.3) is 0 Å². The molecule has 0 radical (unpaired) electrons. The summed E-state index contributed by atoms with van der Waals surface area (Å²) >= 11 is 0. The second-order valence-corrected chi connectivity index (χ2v) is 4.67. The van der Waals surface area contributed by atoms with Gasteiger partial charge in [0.2, 0.25) is 0 Å². The molecule has 0 amide bonds. The molecule has 0 spiro atoms. The van der Waals surface area contributed by atoms with E-state index in [-0.39, 0.29) is 5.97 Å². The fraction of sp³-hybridized carbons (Fsp3) is 0.769. The summed E-state index contributed by atoms with van der Waals surface area (Å²) in [5.41, 5.74) is 0.558. The molecule has 0 aromatic carbocycles. The van der Waals surface area contributed by atoms with Crippen LogP contribution in [-0.2, 0) is 9.53 Å². The van der Waals surface area contributed by atoms with Crippen molar-refractivity contribution in [2.45, 2.75) is 32.6 Å². The Hall–Kier alpha value is -0.830. The van der Waals surface area contributed by atoms with Gasteiger partial charge in [-0.1, -0.05) is 19.4 Å². The Morgan fingerprint density at radius 3 is 2.62 bits per heavy atom. The zero-order chi connectivity index (χ0) is 12.0. The van der Waals surface area contributed by atoms with Crippen LogP contribution < -0.4 is 0 Å². The Morgan fingerprint density at radius 2 is 2.06 bits per heavy atom. The molecule has 0 heterocycles. The number of likely N-dealkylation sites (N-methyl/N-ethyl adjacent to an activating group) is 1. The fourth-order valence-corrected chi connectivity index (χ4v) is 2.32. The predicted octanol–water partition coefficient (Wildman–Crippen LogP) is 2.23. The van der Waals surface area contributed by atoms with E-state index < -0.39 is 0 Å². The van der Waals surface area contributed by atoms with Gasteiger partial charge >= 0.3 is 5.97 Å². The van der Waals surface area contributed by atoms with Crippen molar-refractivity contribution in [3.8, 4) is 0 Å². The molecule has 1 fully saturated rings. The molecule has 1 saturated carbocycles. The van der Waals surface area contributed by atoms with Crippen LogP contribution in [0.4, 0.5) is 0 Å². The van der Waals surface area contributed by atoms with Crippen LogP contribution in [0.5, 0.6) is 0 Å². The van der Waals surface area contributed by atoms with Crippen LogP contribution in [0.2, 0.25) is 0 Å². The maximum Gasteiger partial charge on any atom is 0.334 e. The van der Waals surface area contributed by atoms with Gasteiger partial charge in [0, 0.05) is 18.7 Å². The Balaban J connectivity index is 2.24. The molecule has 1 rings (SSSR count). The van der Waals surface area contributed by atoms with Gasteiger partial charge in [-0.05, 0) is 32.7 Å². The monoisotopic (exact) mass is 225 g/mol. The number of hydrogen-bond donors (Lipinski definition) is 0. The smallest absolute Gasteiger partial charge is 0.334 e. The summed E-state index contributed by atoms with van der Waals surface area (Å²) in [4.78, 5) is 13.5. The molecule has 0 aromatic heterocycles. The van der Waals surface area contributed by atoms with Crippen molar-refractivity contribution in [1.29, 1.82) is 0 Å². The van der Waals surface area contributed by atoms with Crippen molar-refractivity contribution >= 4 is 5.97 Å². The van der Waals surface area contributed by atoms with Crippen LogP contribution >= 0.6 is 0 Å². The molecular weight excluding hydrogens is 202 g/mol. The molecule has 16 heavy (non-hydrogen) atoms. The molecule has 0 unspecified atom stereocenters. The number of hydrogen-bond acceptors (Lipinski definition) is 3. The SMILES string of the molecule is C=C(CN(C)CC1CCCC1)C(=O)OCC. The minimum atomic E-state index is -0.263. The predicted molar refractivity (Wildman–Crippen MR) is 65.2 cm³/mol. The first-order chi connectivity index (χ1) is 7.63. The summed E-state index contributed by atoms with van der Waals surface area (Å²) in [7, 11) is 2.04. The van der Waals surface area contributed by atoms with Crippen LogP contribution in [-0.4, -0.2) is 37.6 Å². The number of rotatable bonds is 6. The summed E-state index contributed by atoms with van der Waals surface area (Å²) in [6, 6.07) is 0. The van der Waals surface area contributed by atoms with E-state index in [9.17, 15) is 4.79 Å². The van der Waals surface area contributed by atoms with Crippen molar-refractivity contribution in [3.63, 3.8) is 0 Å². The quantitative estimate of drug-likeness (QED) is 0.513. The third kappa shape index (κ3) is 4.35. The first-order valence-electron chi connectivity index (χ1n) is 6.17. The third-order valence-corrected chi connectivity index (χ3v) is 3.07. The van der Waals surface area contributed by atoms with E-state index >= 15 is 0 Å². The van der Waals surface area contributed by atoms with E-state index in [1.54, 1.807) is 0 Å². The topological polar surface area (TPSA) is 29.5 Å². The molecule has 0 aromatic rings. The van der Waals surface area contributed by atoms with E-state index in [0.29, 0.717) is 18.7 Å². The molecule has 0 atom stereocenters. The average molecular weight is 225 g/mol. The van der Waals surface area contributed by atoms with E-state index in [0.717, 1.165) is 12.5 Å². The second-order valence-electron chi connectivity index (χ2n) is 4.67. The normalized spacial score (nSPS) is 16.7. The molecule has 3 nitrogen and oxygen atoms in total.